The molecule has 2 aromatic carbocycles. The van der Waals surface area contributed by atoms with Crippen LogP contribution in [-0.4, -0.2) is 79.7 Å². The number of ketones is 1. The van der Waals surface area contributed by atoms with Crippen LogP contribution >= 0.6 is 11.3 Å². The molecule has 304 valence electrons. The molecule has 2 saturated heterocycles. The van der Waals surface area contributed by atoms with Gasteiger partial charge in [0, 0.05) is 87.0 Å². The summed E-state index contributed by atoms with van der Waals surface area (Å²) >= 11 is 1.25. The number of hydrogen-bond acceptors (Lipinski definition) is 10. The van der Waals surface area contributed by atoms with E-state index in [2.05, 4.69) is 39.8 Å². The highest BCUT2D eigenvalue weighted by Gasteiger charge is 2.45. The van der Waals surface area contributed by atoms with Crippen molar-refractivity contribution < 1.29 is 28.2 Å². The monoisotopic (exact) mass is 831 g/mol. The van der Waals surface area contributed by atoms with Crippen molar-refractivity contribution in [2.24, 2.45) is 5.41 Å². The van der Waals surface area contributed by atoms with E-state index in [1.807, 2.05) is 19.1 Å². The van der Waals surface area contributed by atoms with Gasteiger partial charge in [-0.2, -0.15) is 5.26 Å². The number of halogens is 1. The van der Waals surface area contributed by atoms with E-state index in [0.29, 0.717) is 51.8 Å². The van der Waals surface area contributed by atoms with Crippen LogP contribution < -0.4 is 15.1 Å². The van der Waals surface area contributed by atoms with Crippen LogP contribution in [0.25, 0.3) is 10.4 Å². The van der Waals surface area contributed by atoms with Crippen LogP contribution in [-0.2, 0) is 22.6 Å². The molecule has 0 saturated carbocycles. The van der Waals surface area contributed by atoms with Crippen LogP contribution in [0.4, 0.5) is 21.6 Å². The number of aryl methyl sites for hydroxylation is 1. The van der Waals surface area contributed by atoms with Crippen molar-refractivity contribution in [3.05, 3.63) is 111 Å². The number of anilines is 3. The highest BCUT2D eigenvalue weighted by atomic mass is 32.1. The molecule has 1 spiro atoms. The van der Waals surface area contributed by atoms with Gasteiger partial charge in [-0.1, -0.05) is 19.6 Å². The van der Waals surface area contributed by atoms with Crippen LogP contribution in [0.1, 0.15) is 65.9 Å². The molecule has 0 atom stereocenters. The van der Waals surface area contributed by atoms with Crippen molar-refractivity contribution in [3.63, 3.8) is 0 Å². The van der Waals surface area contributed by atoms with Gasteiger partial charge in [-0.25, -0.2) is 14.4 Å². The number of nitrogens with one attached hydrogen (secondary N) is 1. The Morgan fingerprint density at radius 2 is 1.83 bits per heavy atom. The number of ether oxygens (including phenoxy) is 2. The molecular formula is C44H46FN7O5SSi. The molecule has 5 aromatic rings. The Kier molecular flexibility index (Phi) is 11.1. The Hall–Kier alpha value is -5.53. The van der Waals surface area contributed by atoms with Gasteiger partial charge < -0.3 is 29.2 Å². The normalized spacial score (nSPS) is 15.8. The molecule has 3 aliphatic rings. The fourth-order valence-corrected chi connectivity index (χ4v) is 9.84. The minimum Gasteiger partial charge on any atom is -0.381 e. The van der Waals surface area contributed by atoms with Gasteiger partial charge in [0.05, 0.1) is 16.1 Å². The number of amides is 2. The van der Waals surface area contributed by atoms with E-state index in [-0.39, 0.29) is 47.8 Å². The van der Waals surface area contributed by atoms with E-state index in [4.69, 9.17) is 9.47 Å². The second kappa shape index (κ2) is 16.3. The fraction of sp³-hybridized carbons (Fsp3) is 0.364. The third kappa shape index (κ3) is 8.49. The molecule has 15 heteroatoms. The van der Waals surface area contributed by atoms with E-state index >= 15 is 0 Å². The standard InChI is InChI=1S/C44H46FN7O5SSi/c1-28-19-35(40(47-23-28)51-25-44(26-51)12-15-56-16-13-44)42(54)49-32-8-5-29(6-9-32)43(55)52-14-11-30-20-37(58-39(30)34-10-7-31(45)21-36(34)52)38(53)41-48-33(22-46)24-50(41)27-57-17-18-59(2,3)4/h5-10,19-21,23-24H,11-18,25-27H2,1-4H3,(H,49,54). The van der Waals surface area contributed by atoms with Crippen LogP contribution in [0.5, 0.6) is 0 Å². The number of thiophene rings is 1. The average Bonchev–Trinajstić information content (AvgIpc) is 3.80. The summed E-state index contributed by atoms with van der Waals surface area (Å²) in [6.45, 7) is 12.8. The highest BCUT2D eigenvalue weighted by molar-refractivity contribution is 7.17. The number of aromatic nitrogens is 3. The van der Waals surface area contributed by atoms with Crippen molar-refractivity contribution in [1.29, 1.82) is 5.26 Å². The molecule has 2 amide bonds. The van der Waals surface area contributed by atoms with Crippen molar-refractivity contribution in [1.82, 2.24) is 14.5 Å². The first-order valence-electron chi connectivity index (χ1n) is 19.8. The topological polar surface area (TPSA) is 143 Å². The second-order valence-electron chi connectivity index (χ2n) is 16.9. The summed E-state index contributed by atoms with van der Waals surface area (Å²) in [5.74, 6) is -0.692. The lowest BCUT2D eigenvalue weighted by Crippen LogP contribution is -2.59. The molecule has 8 rings (SSSR count). The van der Waals surface area contributed by atoms with Gasteiger partial charge in [0.15, 0.2) is 11.5 Å². The third-order valence-corrected chi connectivity index (χ3v) is 14.2. The Balaban J connectivity index is 0.983. The van der Waals surface area contributed by atoms with Crippen LogP contribution in [0.2, 0.25) is 25.7 Å². The SMILES string of the molecule is Cc1cnc(N2CC3(CCOCC3)C2)c(C(=O)Nc2ccc(C(=O)N3CCc4cc(C(=O)c5nc(C#N)cn5COCC[Si](C)(C)C)sc4-c4ccc(F)cc43)cc2)c1. The molecule has 0 radical (unpaired) electrons. The zero-order chi connectivity index (χ0) is 41.5. The number of nitriles is 1. The first-order chi connectivity index (χ1) is 28.3. The lowest BCUT2D eigenvalue weighted by molar-refractivity contribution is -0.000511. The van der Waals surface area contributed by atoms with Gasteiger partial charge in [-0.05, 0) is 98.0 Å². The smallest absolute Gasteiger partial charge is 0.259 e. The Labute approximate surface area is 347 Å². The first kappa shape index (κ1) is 40.3. The summed E-state index contributed by atoms with van der Waals surface area (Å²) in [7, 11) is -1.32. The van der Waals surface area contributed by atoms with Gasteiger partial charge in [-0.15, -0.1) is 11.3 Å². The van der Waals surface area contributed by atoms with Gasteiger partial charge in [0.2, 0.25) is 5.78 Å². The van der Waals surface area contributed by atoms with Gasteiger partial charge in [-0.3, -0.25) is 14.4 Å². The number of rotatable bonds is 11. The summed E-state index contributed by atoms with van der Waals surface area (Å²) < 4.78 is 27.9. The summed E-state index contributed by atoms with van der Waals surface area (Å²) in [4.78, 5) is 55.6. The number of carbonyl (C=O) groups is 3. The number of carbonyl (C=O) groups excluding carboxylic acids is 3. The quantitative estimate of drug-likeness (QED) is 0.0798. The molecule has 6 heterocycles. The maximum Gasteiger partial charge on any atom is 0.259 e. The van der Waals surface area contributed by atoms with Crippen molar-refractivity contribution in [2.75, 3.05) is 54.6 Å². The van der Waals surface area contributed by atoms with E-state index in [9.17, 15) is 24.0 Å². The molecule has 3 aromatic heterocycles. The van der Waals surface area contributed by atoms with Gasteiger partial charge in [0.1, 0.15) is 24.4 Å². The lowest BCUT2D eigenvalue weighted by Gasteiger charge is -2.53. The predicted octanol–water partition coefficient (Wildman–Crippen LogP) is 7.94. The van der Waals surface area contributed by atoms with E-state index < -0.39 is 13.9 Å². The fourth-order valence-electron chi connectivity index (χ4n) is 7.90. The molecule has 1 N–H and O–H groups in total. The average molecular weight is 832 g/mol. The second-order valence-corrected chi connectivity index (χ2v) is 23.6. The van der Waals surface area contributed by atoms with Crippen molar-refractivity contribution in [2.45, 2.75) is 58.6 Å². The van der Waals surface area contributed by atoms with E-state index in [1.54, 1.807) is 52.1 Å². The van der Waals surface area contributed by atoms with Crippen molar-refractivity contribution >= 4 is 54.2 Å². The minimum atomic E-state index is -1.32. The number of nitrogens with zero attached hydrogens (tertiary/aromatic N) is 6. The summed E-state index contributed by atoms with van der Waals surface area (Å²) in [6, 6.07) is 17.6. The van der Waals surface area contributed by atoms with E-state index in [0.717, 1.165) is 61.2 Å². The number of hydrogen-bond donors (Lipinski definition) is 1. The zero-order valence-corrected chi connectivity index (χ0v) is 35.5. The molecule has 0 bridgehead atoms. The maximum atomic E-state index is 14.9. The maximum absolute atomic E-state index is 14.9. The molecule has 0 aliphatic carbocycles. The van der Waals surface area contributed by atoms with Gasteiger partial charge >= 0.3 is 0 Å². The number of benzene rings is 2. The predicted molar refractivity (Wildman–Crippen MR) is 228 cm³/mol. The highest BCUT2D eigenvalue weighted by Crippen LogP contribution is 2.44. The molecule has 0 unspecified atom stereocenters. The van der Waals surface area contributed by atoms with Crippen molar-refractivity contribution in [3.8, 4) is 16.5 Å². The largest absolute Gasteiger partial charge is 0.381 e. The summed E-state index contributed by atoms with van der Waals surface area (Å²) in [6.07, 6.45) is 5.72. The van der Waals surface area contributed by atoms with E-state index in [1.165, 1.54) is 29.7 Å². The first-order valence-corrected chi connectivity index (χ1v) is 24.4. The molecule has 2 fully saturated rings. The lowest BCUT2D eigenvalue weighted by atomic mass is 9.73. The minimum absolute atomic E-state index is 0.0963. The number of imidazole rings is 1. The Morgan fingerprint density at radius 3 is 2.56 bits per heavy atom. The van der Waals surface area contributed by atoms with Gasteiger partial charge in [0.25, 0.3) is 11.8 Å². The zero-order valence-electron chi connectivity index (χ0n) is 33.6. The summed E-state index contributed by atoms with van der Waals surface area (Å²) in [5.41, 5.74) is 4.45. The number of fused-ring (bicyclic) bond motifs is 3. The van der Waals surface area contributed by atoms with Crippen LogP contribution in [0.3, 0.4) is 0 Å². The van der Waals surface area contributed by atoms with Crippen LogP contribution in [0.15, 0.2) is 67.0 Å². The molecule has 3 aliphatic heterocycles. The van der Waals surface area contributed by atoms with Crippen LogP contribution in [0, 0.1) is 29.5 Å². The Bertz CT molecular complexity index is 2470. The molecule has 59 heavy (non-hydrogen) atoms. The molecule has 12 nitrogen and oxygen atoms in total. The third-order valence-electron chi connectivity index (χ3n) is 11.2. The Morgan fingerprint density at radius 1 is 1.07 bits per heavy atom. The summed E-state index contributed by atoms with van der Waals surface area (Å²) in [5, 5.41) is 12.6. The number of pyridine rings is 1. The molecular weight excluding hydrogens is 786 g/mol.